The second-order valence-electron chi connectivity index (χ2n) is 2.97. The Morgan fingerprint density at radius 2 is 2.20 bits per heavy atom. The van der Waals surface area contributed by atoms with E-state index in [0.717, 1.165) is 16.6 Å². The zero-order valence-electron chi connectivity index (χ0n) is 8.19. The minimum absolute atomic E-state index is 0.294. The van der Waals surface area contributed by atoms with Crippen molar-refractivity contribution in [2.75, 3.05) is 5.75 Å². The number of benzene rings is 1. The van der Waals surface area contributed by atoms with Gasteiger partial charge in [-0.3, -0.25) is 0 Å². The molecule has 0 bridgehead atoms. The number of thioether (sulfide) groups is 1. The average Bonchev–Trinajstić information content (AvgIpc) is 2.26. The predicted octanol–water partition coefficient (Wildman–Crippen LogP) is 3.07. The second-order valence-corrected chi connectivity index (χ2v) is 4.96. The van der Waals surface area contributed by atoms with Gasteiger partial charge in [-0.15, -0.1) is 11.8 Å². The molecular weight excluding hydrogens is 276 g/mol. The Hall–Kier alpha value is -0.680. The monoisotopic (exact) mass is 288 g/mol. The third-order valence-electron chi connectivity index (χ3n) is 1.80. The van der Waals surface area contributed by atoms with Gasteiger partial charge in [0.1, 0.15) is 5.84 Å². The van der Waals surface area contributed by atoms with Gasteiger partial charge in [-0.05, 0) is 40.2 Å². The summed E-state index contributed by atoms with van der Waals surface area (Å²) in [6.07, 6.45) is 1.54. The van der Waals surface area contributed by atoms with E-state index in [1.807, 2.05) is 18.2 Å². The van der Waals surface area contributed by atoms with E-state index in [1.165, 1.54) is 4.90 Å². The summed E-state index contributed by atoms with van der Waals surface area (Å²) in [5.74, 6) is 1.25. The molecule has 0 aliphatic rings. The molecule has 0 aromatic heterocycles. The first-order chi connectivity index (χ1) is 7.24. The number of amidine groups is 1. The number of hydrogen-bond donors (Lipinski definition) is 2. The van der Waals surface area contributed by atoms with Crippen LogP contribution in [0.25, 0.3) is 0 Å². The maximum atomic E-state index is 8.34. The van der Waals surface area contributed by atoms with E-state index >= 15 is 0 Å². The van der Waals surface area contributed by atoms with Crippen LogP contribution in [0.3, 0.4) is 0 Å². The van der Waals surface area contributed by atoms with Gasteiger partial charge < -0.3 is 10.9 Å². The van der Waals surface area contributed by atoms with Crippen molar-refractivity contribution in [1.29, 1.82) is 0 Å². The maximum absolute atomic E-state index is 8.34. The lowest BCUT2D eigenvalue weighted by Gasteiger charge is -2.03. The molecule has 1 aromatic carbocycles. The number of halogens is 1. The van der Waals surface area contributed by atoms with Gasteiger partial charge in [0.2, 0.25) is 0 Å². The molecule has 0 aliphatic carbocycles. The summed E-state index contributed by atoms with van der Waals surface area (Å²) in [6, 6.07) is 8.09. The van der Waals surface area contributed by atoms with Crippen LogP contribution in [0.2, 0.25) is 0 Å². The van der Waals surface area contributed by atoms with E-state index in [0.29, 0.717) is 12.3 Å². The van der Waals surface area contributed by atoms with Crippen molar-refractivity contribution in [1.82, 2.24) is 0 Å². The van der Waals surface area contributed by atoms with Crippen LogP contribution in [-0.2, 0) is 0 Å². The molecule has 0 atom stereocenters. The molecule has 0 saturated heterocycles. The normalized spacial score (nSPS) is 11.7. The molecule has 5 heteroatoms. The van der Waals surface area contributed by atoms with Crippen molar-refractivity contribution in [3.05, 3.63) is 28.7 Å². The quantitative estimate of drug-likeness (QED) is 0.219. The first-order valence-electron chi connectivity index (χ1n) is 4.57. The Morgan fingerprint density at radius 3 is 2.87 bits per heavy atom. The van der Waals surface area contributed by atoms with Gasteiger partial charge >= 0.3 is 0 Å². The summed E-state index contributed by atoms with van der Waals surface area (Å²) in [5.41, 5.74) is 5.36. The lowest BCUT2D eigenvalue weighted by Crippen LogP contribution is -2.11. The molecule has 0 saturated carbocycles. The van der Waals surface area contributed by atoms with Crippen molar-refractivity contribution in [2.45, 2.75) is 17.7 Å². The van der Waals surface area contributed by atoms with E-state index in [4.69, 9.17) is 10.9 Å². The zero-order chi connectivity index (χ0) is 11.1. The highest BCUT2D eigenvalue weighted by Gasteiger charge is 1.99. The van der Waals surface area contributed by atoms with Crippen LogP contribution in [0.5, 0.6) is 0 Å². The lowest BCUT2D eigenvalue weighted by atomic mass is 10.3. The summed E-state index contributed by atoms with van der Waals surface area (Å²) in [4.78, 5) is 1.22. The highest BCUT2D eigenvalue weighted by molar-refractivity contribution is 9.10. The first-order valence-corrected chi connectivity index (χ1v) is 6.35. The SMILES string of the molecule is N/C(CCCSc1ccccc1Br)=N\O. The van der Waals surface area contributed by atoms with Gasteiger partial charge in [-0.1, -0.05) is 17.3 Å². The molecule has 15 heavy (non-hydrogen) atoms. The van der Waals surface area contributed by atoms with E-state index in [2.05, 4.69) is 27.2 Å². The van der Waals surface area contributed by atoms with Crippen molar-refractivity contribution in [3.8, 4) is 0 Å². The third-order valence-corrected chi connectivity index (χ3v) is 3.91. The van der Waals surface area contributed by atoms with Crippen LogP contribution in [0.15, 0.2) is 38.8 Å². The molecule has 0 heterocycles. The summed E-state index contributed by atoms with van der Waals surface area (Å²) in [7, 11) is 0. The molecule has 1 aromatic rings. The van der Waals surface area contributed by atoms with Crippen LogP contribution < -0.4 is 5.73 Å². The lowest BCUT2D eigenvalue weighted by molar-refractivity contribution is 0.317. The molecule has 0 aliphatic heterocycles. The van der Waals surface area contributed by atoms with Crippen molar-refractivity contribution in [3.63, 3.8) is 0 Å². The van der Waals surface area contributed by atoms with Gasteiger partial charge in [0.25, 0.3) is 0 Å². The molecule has 0 radical (unpaired) electrons. The van der Waals surface area contributed by atoms with Crippen LogP contribution in [-0.4, -0.2) is 16.8 Å². The molecule has 0 unspecified atom stereocenters. The number of nitrogens with zero attached hydrogens (tertiary/aromatic N) is 1. The van der Waals surface area contributed by atoms with E-state index < -0.39 is 0 Å². The summed E-state index contributed by atoms with van der Waals surface area (Å²) in [6.45, 7) is 0. The van der Waals surface area contributed by atoms with Gasteiger partial charge in [0, 0.05) is 15.8 Å². The fraction of sp³-hybridized carbons (Fsp3) is 0.300. The highest BCUT2D eigenvalue weighted by atomic mass is 79.9. The van der Waals surface area contributed by atoms with Crippen LogP contribution in [0, 0.1) is 0 Å². The predicted molar refractivity (Wildman–Crippen MR) is 67.5 cm³/mol. The van der Waals surface area contributed by atoms with Gasteiger partial charge in [0.15, 0.2) is 0 Å². The fourth-order valence-corrected chi connectivity index (χ4v) is 2.56. The minimum Gasteiger partial charge on any atom is -0.409 e. The van der Waals surface area contributed by atoms with E-state index in [-0.39, 0.29) is 0 Å². The molecule has 0 fully saturated rings. The molecular formula is C10H13BrN2OS. The van der Waals surface area contributed by atoms with Crippen molar-refractivity contribution >= 4 is 33.5 Å². The van der Waals surface area contributed by atoms with Crippen molar-refractivity contribution in [2.24, 2.45) is 10.9 Å². The van der Waals surface area contributed by atoms with Gasteiger partial charge in [-0.25, -0.2) is 0 Å². The maximum Gasteiger partial charge on any atom is 0.139 e. The minimum atomic E-state index is 0.294. The van der Waals surface area contributed by atoms with Gasteiger partial charge in [0.05, 0.1) is 0 Å². The Morgan fingerprint density at radius 1 is 1.47 bits per heavy atom. The Balaban J connectivity index is 2.29. The molecule has 82 valence electrons. The molecule has 3 N–H and O–H groups in total. The molecule has 1 rings (SSSR count). The number of oxime groups is 1. The van der Waals surface area contributed by atoms with E-state index in [9.17, 15) is 0 Å². The molecule has 0 spiro atoms. The van der Waals surface area contributed by atoms with Crippen LogP contribution >= 0.6 is 27.7 Å². The third kappa shape index (κ3) is 4.57. The smallest absolute Gasteiger partial charge is 0.139 e. The highest BCUT2D eigenvalue weighted by Crippen LogP contribution is 2.27. The standard InChI is InChI=1S/C10H13BrN2OS/c11-8-4-1-2-5-9(8)15-7-3-6-10(12)13-14/h1-2,4-5,14H,3,6-7H2,(H2,12,13). The van der Waals surface area contributed by atoms with Crippen molar-refractivity contribution < 1.29 is 5.21 Å². The summed E-state index contributed by atoms with van der Waals surface area (Å²) >= 11 is 5.24. The first kappa shape index (κ1) is 12.4. The summed E-state index contributed by atoms with van der Waals surface area (Å²) in [5, 5.41) is 11.3. The topological polar surface area (TPSA) is 58.6 Å². The van der Waals surface area contributed by atoms with E-state index in [1.54, 1.807) is 11.8 Å². The van der Waals surface area contributed by atoms with Crippen LogP contribution in [0.4, 0.5) is 0 Å². The van der Waals surface area contributed by atoms with Crippen LogP contribution in [0.1, 0.15) is 12.8 Å². The van der Waals surface area contributed by atoms with Gasteiger partial charge in [-0.2, -0.15) is 0 Å². The number of nitrogens with two attached hydrogens (primary N) is 1. The number of hydrogen-bond acceptors (Lipinski definition) is 3. The number of rotatable bonds is 5. The largest absolute Gasteiger partial charge is 0.409 e. The fourth-order valence-electron chi connectivity index (χ4n) is 1.05. The summed E-state index contributed by atoms with van der Waals surface area (Å²) < 4.78 is 1.11. The second kappa shape index (κ2) is 6.74. The Labute approximate surface area is 102 Å². The Kier molecular flexibility index (Phi) is 5.57. The Bertz CT molecular complexity index is 344. The molecule has 3 nitrogen and oxygen atoms in total. The zero-order valence-corrected chi connectivity index (χ0v) is 10.6. The molecule has 0 amide bonds. The average molecular weight is 289 g/mol.